The number of hydrogen-bond donors (Lipinski definition) is 1. The molecule has 1 aliphatic heterocycles. The van der Waals surface area contributed by atoms with E-state index in [1.54, 1.807) is 4.90 Å². The molecular formula is C11H22N2O3. The number of carbonyl (C=O) groups excluding carboxylic acids is 1. The zero-order valence-corrected chi connectivity index (χ0v) is 10.4. The molecule has 0 aliphatic carbocycles. The van der Waals surface area contributed by atoms with Gasteiger partial charge in [-0.1, -0.05) is 13.8 Å². The largest absolute Gasteiger partial charge is 0.378 e. The van der Waals surface area contributed by atoms with Crippen molar-refractivity contribution in [3.05, 3.63) is 0 Å². The zero-order valence-electron chi connectivity index (χ0n) is 10.4. The molecule has 1 amide bonds. The molecule has 0 aromatic heterocycles. The molecule has 0 radical (unpaired) electrons. The second-order valence-corrected chi connectivity index (χ2v) is 4.48. The quantitative estimate of drug-likeness (QED) is 0.695. The molecule has 1 rings (SSSR count). The number of hydrogen-bond acceptors (Lipinski definition) is 4. The van der Waals surface area contributed by atoms with Gasteiger partial charge in [-0.2, -0.15) is 5.48 Å². The molecular weight excluding hydrogens is 208 g/mol. The molecule has 94 valence electrons. The normalized spacial score (nSPS) is 18.9. The fourth-order valence-corrected chi connectivity index (χ4v) is 1.45. The van der Waals surface area contributed by atoms with Crippen molar-refractivity contribution >= 4 is 5.91 Å². The second kappa shape index (κ2) is 6.83. The Morgan fingerprint density at radius 2 is 2.00 bits per heavy atom. The van der Waals surface area contributed by atoms with Gasteiger partial charge in [-0.05, 0) is 12.8 Å². The average Bonchev–Trinajstić information content (AvgIpc) is 2.28. The molecule has 0 aromatic rings. The van der Waals surface area contributed by atoms with Crippen molar-refractivity contribution in [1.82, 2.24) is 10.4 Å². The zero-order chi connectivity index (χ0) is 12.0. The van der Waals surface area contributed by atoms with Gasteiger partial charge in [0, 0.05) is 13.1 Å². The lowest BCUT2D eigenvalue weighted by molar-refractivity contribution is -0.141. The summed E-state index contributed by atoms with van der Waals surface area (Å²) in [6.07, 6.45) is 0. The number of morpholine rings is 1. The van der Waals surface area contributed by atoms with Gasteiger partial charge in [-0.25, -0.2) is 0 Å². The molecule has 1 fully saturated rings. The Morgan fingerprint density at radius 3 is 2.56 bits per heavy atom. The molecule has 1 atom stereocenters. The molecule has 1 saturated heterocycles. The Morgan fingerprint density at radius 1 is 1.38 bits per heavy atom. The van der Waals surface area contributed by atoms with E-state index in [1.807, 2.05) is 6.92 Å². The third-order valence-electron chi connectivity index (χ3n) is 2.37. The van der Waals surface area contributed by atoms with E-state index < -0.39 is 0 Å². The molecule has 1 heterocycles. The summed E-state index contributed by atoms with van der Waals surface area (Å²) < 4.78 is 5.20. The first-order chi connectivity index (χ1) is 7.61. The molecule has 5 heteroatoms. The molecule has 0 saturated carbocycles. The summed E-state index contributed by atoms with van der Waals surface area (Å²) in [5, 5.41) is 0. The third kappa shape index (κ3) is 4.47. The van der Waals surface area contributed by atoms with E-state index >= 15 is 0 Å². The first kappa shape index (κ1) is 13.4. The molecule has 1 aliphatic rings. The Hall–Kier alpha value is -0.650. The monoisotopic (exact) mass is 230 g/mol. The SMILES string of the molecule is CC(C)CONC(C)C(=O)N1CCOCC1. The van der Waals surface area contributed by atoms with Gasteiger partial charge in [0.25, 0.3) is 0 Å². The summed E-state index contributed by atoms with van der Waals surface area (Å²) in [6, 6.07) is -0.295. The van der Waals surface area contributed by atoms with Crippen LogP contribution in [-0.2, 0) is 14.4 Å². The molecule has 16 heavy (non-hydrogen) atoms. The summed E-state index contributed by atoms with van der Waals surface area (Å²) in [6.45, 7) is 9.17. The number of nitrogens with one attached hydrogen (secondary N) is 1. The lowest BCUT2D eigenvalue weighted by Gasteiger charge is -2.29. The molecule has 0 bridgehead atoms. The second-order valence-electron chi connectivity index (χ2n) is 4.48. The van der Waals surface area contributed by atoms with E-state index in [4.69, 9.17) is 9.57 Å². The first-order valence-corrected chi connectivity index (χ1v) is 5.85. The van der Waals surface area contributed by atoms with Crippen molar-refractivity contribution in [1.29, 1.82) is 0 Å². The summed E-state index contributed by atoms with van der Waals surface area (Å²) >= 11 is 0. The number of amides is 1. The highest BCUT2D eigenvalue weighted by Crippen LogP contribution is 2.01. The van der Waals surface area contributed by atoms with Gasteiger partial charge in [0.1, 0.15) is 6.04 Å². The lowest BCUT2D eigenvalue weighted by atomic mass is 10.2. The number of hydroxylamine groups is 1. The summed E-state index contributed by atoms with van der Waals surface area (Å²) in [5.41, 5.74) is 2.78. The predicted molar refractivity (Wildman–Crippen MR) is 60.8 cm³/mol. The Bertz CT molecular complexity index is 215. The van der Waals surface area contributed by atoms with Crippen LogP contribution in [0.2, 0.25) is 0 Å². The van der Waals surface area contributed by atoms with E-state index in [0.29, 0.717) is 38.8 Å². The summed E-state index contributed by atoms with van der Waals surface area (Å²) in [5.74, 6) is 0.533. The van der Waals surface area contributed by atoms with Crippen LogP contribution in [0.1, 0.15) is 20.8 Å². The fraction of sp³-hybridized carbons (Fsp3) is 0.909. The highest BCUT2D eigenvalue weighted by atomic mass is 16.6. The minimum atomic E-state index is -0.295. The van der Waals surface area contributed by atoms with E-state index in [0.717, 1.165) is 0 Å². The van der Waals surface area contributed by atoms with Gasteiger partial charge < -0.3 is 14.5 Å². The van der Waals surface area contributed by atoms with Crippen LogP contribution in [0, 0.1) is 5.92 Å². The van der Waals surface area contributed by atoms with Crippen LogP contribution in [0.5, 0.6) is 0 Å². The molecule has 5 nitrogen and oxygen atoms in total. The Labute approximate surface area is 97.0 Å². The third-order valence-corrected chi connectivity index (χ3v) is 2.37. The van der Waals surface area contributed by atoms with Gasteiger partial charge in [-0.3, -0.25) is 4.79 Å². The van der Waals surface area contributed by atoms with E-state index in [9.17, 15) is 4.79 Å². The number of rotatable bonds is 5. The maximum atomic E-state index is 11.9. The first-order valence-electron chi connectivity index (χ1n) is 5.85. The standard InChI is InChI=1S/C11H22N2O3/c1-9(2)8-16-12-10(3)11(14)13-4-6-15-7-5-13/h9-10,12H,4-8H2,1-3H3. The summed E-state index contributed by atoms with van der Waals surface area (Å²) in [7, 11) is 0. The molecule has 1 N–H and O–H groups in total. The van der Waals surface area contributed by atoms with Crippen LogP contribution in [0.15, 0.2) is 0 Å². The van der Waals surface area contributed by atoms with Gasteiger partial charge in [0.15, 0.2) is 0 Å². The molecule has 1 unspecified atom stereocenters. The predicted octanol–water partition coefficient (Wildman–Crippen LogP) is 0.411. The van der Waals surface area contributed by atoms with Crippen molar-refractivity contribution in [2.75, 3.05) is 32.9 Å². The number of carbonyl (C=O) groups is 1. The van der Waals surface area contributed by atoms with Gasteiger partial charge >= 0.3 is 0 Å². The van der Waals surface area contributed by atoms with Crippen molar-refractivity contribution in [2.24, 2.45) is 5.92 Å². The van der Waals surface area contributed by atoms with Crippen molar-refractivity contribution < 1.29 is 14.4 Å². The van der Waals surface area contributed by atoms with Crippen LogP contribution in [0.3, 0.4) is 0 Å². The van der Waals surface area contributed by atoms with E-state index in [1.165, 1.54) is 0 Å². The van der Waals surface area contributed by atoms with Crippen LogP contribution in [-0.4, -0.2) is 49.8 Å². The molecule has 0 aromatic carbocycles. The topological polar surface area (TPSA) is 50.8 Å². The Kier molecular flexibility index (Phi) is 5.73. The van der Waals surface area contributed by atoms with Crippen LogP contribution < -0.4 is 5.48 Å². The van der Waals surface area contributed by atoms with Gasteiger partial charge in [0.2, 0.25) is 5.91 Å². The van der Waals surface area contributed by atoms with Crippen molar-refractivity contribution in [2.45, 2.75) is 26.8 Å². The van der Waals surface area contributed by atoms with Crippen LogP contribution in [0.4, 0.5) is 0 Å². The van der Waals surface area contributed by atoms with E-state index in [2.05, 4.69) is 19.3 Å². The highest BCUT2D eigenvalue weighted by Gasteiger charge is 2.22. The minimum Gasteiger partial charge on any atom is -0.378 e. The van der Waals surface area contributed by atoms with Gasteiger partial charge in [-0.15, -0.1) is 0 Å². The van der Waals surface area contributed by atoms with E-state index in [-0.39, 0.29) is 11.9 Å². The van der Waals surface area contributed by atoms with Gasteiger partial charge in [0.05, 0.1) is 19.8 Å². The smallest absolute Gasteiger partial charge is 0.241 e. The van der Waals surface area contributed by atoms with Crippen LogP contribution >= 0.6 is 0 Å². The van der Waals surface area contributed by atoms with Crippen molar-refractivity contribution in [3.8, 4) is 0 Å². The number of nitrogens with zero attached hydrogens (tertiary/aromatic N) is 1. The minimum absolute atomic E-state index is 0.0760. The highest BCUT2D eigenvalue weighted by molar-refractivity contribution is 5.81. The number of ether oxygens (including phenoxy) is 1. The molecule has 0 spiro atoms. The fourth-order valence-electron chi connectivity index (χ4n) is 1.45. The average molecular weight is 230 g/mol. The Balaban J connectivity index is 2.23. The lowest BCUT2D eigenvalue weighted by Crippen LogP contribution is -2.49. The van der Waals surface area contributed by atoms with Crippen LogP contribution in [0.25, 0.3) is 0 Å². The van der Waals surface area contributed by atoms with Crippen molar-refractivity contribution in [3.63, 3.8) is 0 Å². The maximum absolute atomic E-state index is 11.9. The summed E-state index contributed by atoms with van der Waals surface area (Å²) in [4.78, 5) is 18.9. The maximum Gasteiger partial charge on any atom is 0.241 e.